The molecular weight excluding hydrogens is 366 g/mol. The maximum atomic E-state index is 12.8. The predicted octanol–water partition coefficient (Wildman–Crippen LogP) is 1.24. The van der Waals surface area contributed by atoms with E-state index in [2.05, 4.69) is 40.8 Å². The van der Waals surface area contributed by atoms with Gasteiger partial charge in [-0.3, -0.25) is 14.7 Å². The number of aliphatic imine (C=N–C) groups is 1. The number of guanidine groups is 1. The molecule has 0 aromatic heterocycles. The number of piperazine rings is 1. The fourth-order valence-electron chi connectivity index (χ4n) is 5.14. The number of amides is 1. The van der Waals surface area contributed by atoms with Crippen molar-refractivity contribution >= 4 is 11.9 Å². The molecule has 2 N–H and O–H groups in total. The second-order valence-corrected chi connectivity index (χ2v) is 9.46. The highest BCUT2D eigenvalue weighted by Gasteiger charge is 2.29. The Morgan fingerprint density at radius 1 is 1.07 bits per heavy atom. The number of aliphatic hydroxyl groups excluding tert-OH is 1. The summed E-state index contributed by atoms with van der Waals surface area (Å²) in [5.41, 5.74) is 0. The molecule has 2 heterocycles. The fraction of sp³-hybridized carbons (Fsp3) is 0.909. The number of piperidine rings is 1. The Balaban J connectivity index is 1.47. The van der Waals surface area contributed by atoms with Gasteiger partial charge in [0.15, 0.2) is 5.96 Å². The van der Waals surface area contributed by atoms with Gasteiger partial charge in [0.2, 0.25) is 5.91 Å². The molecule has 0 aromatic rings. The molecule has 2 aliphatic heterocycles. The molecule has 3 aliphatic rings. The molecule has 4 atom stereocenters. The van der Waals surface area contributed by atoms with Crippen LogP contribution in [-0.4, -0.2) is 96.7 Å². The van der Waals surface area contributed by atoms with Gasteiger partial charge in [0.25, 0.3) is 0 Å². The first-order valence-electron chi connectivity index (χ1n) is 11.7. The van der Waals surface area contributed by atoms with E-state index in [1.54, 1.807) is 0 Å². The number of nitrogens with zero attached hydrogens (tertiary/aromatic N) is 4. The Kier molecular flexibility index (Phi) is 8.18. The summed E-state index contributed by atoms with van der Waals surface area (Å²) >= 11 is 0. The van der Waals surface area contributed by atoms with E-state index in [1.807, 2.05) is 0 Å². The van der Waals surface area contributed by atoms with E-state index in [0.717, 1.165) is 71.0 Å². The summed E-state index contributed by atoms with van der Waals surface area (Å²) in [6, 6.07) is 0. The number of hydrogen-bond donors (Lipinski definition) is 2. The lowest BCUT2D eigenvalue weighted by Crippen LogP contribution is -2.55. The van der Waals surface area contributed by atoms with Crippen LogP contribution in [0.25, 0.3) is 0 Å². The van der Waals surface area contributed by atoms with Crippen LogP contribution in [0.1, 0.15) is 46.5 Å². The van der Waals surface area contributed by atoms with Crippen LogP contribution in [0.3, 0.4) is 0 Å². The van der Waals surface area contributed by atoms with Gasteiger partial charge in [-0.25, -0.2) is 0 Å². The number of aliphatic hydroxyl groups is 1. The average molecular weight is 408 g/mol. The van der Waals surface area contributed by atoms with Crippen LogP contribution >= 0.6 is 0 Å². The maximum Gasteiger partial charge on any atom is 0.236 e. The lowest BCUT2D eigenvalue weighted by atomic mass is 9.92. The minimum Gasteiger partial charge on any atom is -0.393 e. The van der Waals surface area contributed by atoms with E-state index < -0.39 is 0 Å². The third kappa shape index (κ3) is 6.32. The lowest BCUT2D eigenvalue weighted by molar-refractivity contribution is -0.135. The minimum atomic E-state index is -0.190. The summed E-state index contributed by atoms with van der Waals surface area (Å²) in [4.78, 5) is 24.3. The Morgan fingerprint density at radius 2 is 1.76 bits per heavy atom. The van der Waals surface area contributed by atoms with Crippen LogP contribution in [-0.2, 0) is 4.79 Å². The predicted molar refractivity (Wildman–Crippen MR) is 117 cm³/mol. The van der Waals surface area contributed by atoms with E-state index in [0.29, 0.717) is 30.8 Å². The van der Waals surface area contributed by atoms with Gasteiger partial charge in [0, 0.05) is 58.3 Å². The van der Waals surface area contributed by atoms with Crippen LogP contribution in [0, 0.1) is 17.8 Å². The molecular formula is C22H41N5O2. The zero-order chi connectivity index (χ0) is 20.8. The van der Waals surface area contributed by atoms with Gasteiger partial charge in [0.05, 0.1) is 12.6 Å². The zero-order valence-corrected chi connectivity index (χ0v) is 18.6. The van der Waals surface area contributed by atoms with Crippen LogP contribution in [0.2, 0.25) is 0 Å². The molecule has 166 valence electrons. The number of hydrogen-bond acceptors (Lipinski definition) is 4. The molecule has 0 spiro atoms. The molecule has 7 heteroatoms. The highest BCUT2D eigenvalue weighted by molar-refractivity contribution is 5.80. The smallest absolute Gasteiger partial charge is 0.236 e. The number of carbonyl (C=O) groups is 1. The van der Waals surface area contributed by atoms with Crippen molar-refractivity contribution in [1.29, 1.82) is 0 Å². The summed E-state index contributed by atoms with van der Waals surface area (Å²) < 4.78 is 0. The van der Waals surface area contributed by atoms with E-state index in [1.165, 1.54) is 6.42 Å². The van der Waals surface area contributed by atoms with Crippen LogP contribution in [0.15, 0.2) is 4.99 Å². The van der Waals surface area contributed by atoms with Crippen molar-refractivity contribution in [3.05, 3.63) is 0 Å². The van der Waals surface area contributed by atoms with Crippen molar-refractivity contribution in [1.82, 2.24) is 20.0 Å². The van der Waals surface area contributed by atoms with E-state index in [-0.39, 0.29) is 12.0 Å². The monoisotopic (exact) mass is 407 g/mol. The number of rotatable bonds is 5. The summed E-state index contributed by atoms with van der Waals surface area (Å²) in [5.74, 6) is 2.76. The van der Waals surface area contributed by atoms with Gasteiger partial charge in [-0.2, -0.15) is 0 Å². The Hall–Kier alpha value is -1.34. The molecule has 4 unspecified atom stereocenters. The Bertz CT molecular complexity index is 551. The topological polar surface area (TPSA) is 71.4 Å². The SMILES string of the molecule is CCNC(=NCC1CCCC1O)N1CCN(CC(=O)N2CC(C)CC(C)C2)CC1. The molecule has 1 saturated carbocycles. The Morgan fingerprint density at radius 3 is 2.34 bits per heavy atom. The van der Waals surface area contributed by atoms with E-state index in [9.17, 15) is 9.90 Å². The number of nitrogens with one attached hydrogen (secondary N) is 1. The van der Waals surface area contributed by atoms with E-state index >= 15 is 0 Å². The van der Waals surface area contributed by atoms with E-state index in [4.69, 9.17) is 4.99 Å². The number of carbonyl (C=O) groups excluding carboxylic acids is 1. The van der Waals surface area contributed by atoms with Gasteiger partial charge in [0.1, 0.15) is 0 Å². The molecule has 0 radical (unpaired) electrons. The molecule has 0 aromatic carbocycles. The second kappa shape index (κ2) is 10.6. The summed E-state index contributed by atoms with van der Waals surface area (Å²) in [5, 5.41) is 13.5. The maximum absolute atomic E-state index is 12.8. The first kappa shape index (κ1) is 22.3. The lowest BCUT2D eigenvalue weighted by Gasteiger charge is -2.39. The first-order valence-corrected chi connectivity index (χ1v) is 11.7. The second-order valence-electron chi connectivity index (χ2n) is 9.46. The summed E-state index contributed by atoms with van der Waals surface area (Å²) in [6.45, 7) is 14.1. The van der Waals surface area contributed by atoms with Crippen LogP contribution < -0.4 is 5.32 Å². The first-order chi connectivity index (χ1) is 14.0. The quantitative estimate of drug-likeness (QED) is 0.530. The zero-order valence-electron chi connectivity index (χ0n) is 18.6. The molecule has 3 rings (SSSR count). The number of likely N-dealkylation sites (tertiary alicyclic amines) is 1. The van der Waals surface area contributed by atoms with Crippen molar-refractivity contribution in [2.75, 3.05) is 58.9 Å². The van der Waals surface area contributed by atoms with Gasteiger partial charge < -0.3 is 20.2 Å². The molecule has 29 heavy (non-hydrogen) atoms. The van der Waals surface area contributed by atoms with Crippen LogP contribution in [0.5, 0.6) is 0 Å². The fourth-order valence-corrected chi connectivity index (χ4v) is 5.14. The molecule has 2 saturated heterocycles. The molecule has 7 nitrogen and oxygen atoms in total. The molecule has 1 amide bonds. The highest BCUT2D eigenvalue weighted by Crippen LogP contribution is 2.25. The molecule has 3 fully saturated rings. The summed E-state index contributed by atoms with van der Waals surface area (Å²) in [6.07, 6.45) is 4.14. The third-order valence-corrected chi connectivity index (χ3v) is 6.68. The average Bonchev–Trinajstić information content (AvgIpc) is 3.10. The summed E-state index contributed by atoms with van der Waals surface area (Å²) in [7, 11) is 0. The minimum absolute atomic E-state index is 0.190. The van der Waals surface area contributed by atoms with Crippen molar-refractivity contribution in [3.8, 4) is 0 Å². The standard InChI is InChI=1S/C22H41N5O2/c1-4-23-22(24-13-19-6-5-7-20(19)28)26-10-8-25(9-11-26)16-21(29)27-14-17(2)12-18(3)15-27/h17-20,28H,4-16H2,1-3H3,(H,23,24). The molecule has 0 bridgehead atoms. The largest absolute Gasteiger partial charge is 0.393 e. The van der Waals surface area contributed by atoms with Gasteiger partial charge in [-0.15, -0.1) is 0 Å². The van der Waals surface area contributed by atoms with Crippen LogP contribution in [0.4, 0.5) is 0 Å². The highest BCUT2D eigenvalue weighted by atomic mass is 16.3. The molecule has 1 aliphatic carbocycles. The van der Waals surface area contributed by atoms with Crippen molar-refractivity contribution in [2.24, 2.45) is 22.7 Å². The van der Waals surface area contributed by atoms with Gasteiger partial charge in [-0.1, -0.05) is 20.3 Å². The van der Waals surface area contributed by atoms with Crippen molar-refractivity contribution in [2.45, 2.75) is 52.6 Å². The van der Waals surface area contributed by atoms with Crippen molar-refractivity contribution in [3.63, 3.8) is 0 Å². The van der Waals surface area contributed by atoms with Gasteiger partial charge >= 0.3 is 0 Å². The normalized spacial score (nSPS) is 31.9. The van der Waals surface area contributed by atoms with Crippen molar-refractivity contribution < 1.29 is 9.90 Å². The van der Waals surface area contributed by atoms with Gasteiger partial charge in [-0.05, 0) is 38.0 Å². The Labute approximate surface area is 176 Å². The third-order valence-electron chi connectivity index (χ3n) is 6.68.